The van der Waals surface area contributed by atoms with Crippen LogP contribution in [0.2, 0.25) is 0 Å². The smallest absolute Gasteiger partial charge is 0.215 e. The second-order valence-electron chi connectivity index (χ2n) is 5.85. The van der Waals surface area contributed by atoms with E-state index in [1.165, 1.54) is 16.8 Å². The number of hydrogen-bond acceptors (Lipinski definition) is 1. The minimum atomic E-state index is 0.651. The second kappa shape index (κ2) is 5.74. The van der Waals surface area contributed by atoms with Crippen LogP contribution in [0.4, 0.5) is 0 Å². The van der Waals surface area contributed by atoms with Crippen LogP contribution in [0.1, 0.15) is 12.0 Å². The molecule has 2 aromatic carbocycles. The summed E-state index contributed by atoms with van der Waals surface area (Å²) in [5, 5.41) is 0. The fourth-order valence-electron chi connectivity index (χ4n) is 3.04. The summed E-state index contributed by atoms with van der Waals surface area (Å²) in [5.41, 5.74) is 5.82. The Kier molecular flexibility index (Phi) is 3.58. The van der Waals surface area contributed by atoms with Gasteiger partial charge < -0.3 is 4.57 Å². The van der Waals surface area contributed by atoms with E-state index in [1.807, 2.05) is 6.07 Å². The molecule has 0 radical (unpaired) electrons. The van der Waals surface area contributed by atoms with Crippen LogP contribution in [-0.2, 0) is 6.54 Å². The Morgan fingerprint density at radius 3 is 2.61 bits per heavy atom. The first-order valence-electron chi connectivity index (χ1n) is 7.87. The van der Waals surface area contributed by atoms with E-state index in [0.29, 0.717) is 5.88 Å². The predicted molar refractivity (Wildman–Crippen MR) is 96.2 cm³/mol. The molecule has 23 heavy (non-hydrogen) atoms. The van der Waals surface area contributed by atoms with Crippen molar-refractivity contribution in [2.24, 2.45) is 0 Å². The normalized spacial score (nSPS) is 11.6. The molecule has 0 saturated carbocycles. The Morgan fingerprint density at radius 2 is 1.83 bits per heavy atom. The lowest BCUT2D eigenvalue weighted by Gasteiger charge is -2.08. The highest BCUT2D eigenvalue weighted by molar-refractivity contribution is 6.17. The first-order valence-corrected chi connectivity index (χ1v) is 8.41. The Labute approximate surface area is 140 Å². The van der Waals surface area contributed by atoms with E-state index in [4.69, 9.17) is 16.6 Å². The molecule has 0 spiro atoms. The predicted octanol–water partition coefficient (Wildman–Crippen LogP) is 4.89. The molecule has 2 heterocycles. The standard InChI is InChI=1S/C19H18ClN3/c1-14-7-9-15(10-8-14)18-13-23-17-6-3-2-5-16(17)21-19(23)22(18)12-4-11-20/h2-3,5-10,13H,4,11-12H2,1H3. The second-order valence-corrected chi connectivity index (χ2v) is 6.22. The van der Waals surface area contributed by atoms with Gasteiger partial charge in [0.1, 0.15) is 0 Å². The molecule has 0 saturated heterocycles. The molecule has 0 fully saturated rings. The first-order chi connectivity index (χ1) is 11.3. The van der Waals surface area contributed by atoms with Crippen LogP contribution in [0.25, 0.3) is 28.1 Å². The molecule has 0 aliphatic carbocycles. The van der Waals surface area contributed by atoms with Gasteiger partial charge in [0.25, 0.3) is 0 Å². The number of rotatable bonds is 4. The minimum Gasteiger partial charge on any atom is -0.310 e. The van der Waals surface area contributed by atoms with E-state index < -0.39 is 0 Å². The van der Waals surface area contributed by atoms with Crippen molar-refractivity contribution in [3.8, 4) is 11.3 Å². The van der Waals surface area contributed by atoms with E-state index in [-0.39, 0.29) is 0 Å². The van der Waals surface area contributed by atoms with E-state index >= 15 is 0 Å². The number of para-hydroxylation sites is 2. The van der Waals surface area contributed by atoms with Crippen LogP contribution in [0.5, 0.6) is 0 Å². The number of benzene rings is 2. The Balaban J connectivity index is 1.96. The molecule has 0 bridgehead atoms. The number of nitrogens with zero attached hydrogens (tertiary/aromatic N) is 3. The molecule has 116 valence electrons. The number of halogens is 1. The summed E-state index contributed by atoms with van der Waals surface area (Å²) in [6.45, 7) is 2.98. The van der Waals surface area contributed by atoms with Gasteiger partial charge in [0, 0.05) is 18.6 Å². The summed E-state index contributed by atoms with van der Waals surface area (Å²) < 4.78 is 4.45. The topological polar surface area (TPSA) is 22.2 Å². The molecule has 0 N–H and O–H groups in total. The van der Waals surface area contributed by atoms with Gasteiger partial charge in [-0.15, -0.1) is 11.6 Å². The molecule has 2 aromatic heterocycles. The lowest BCUT2D eigenvalue weighted by atomic mass is 10.1. The molecule has 0 atom stereocenters. The van der Waals surface area contributed by atoms with E-state index in [9.17, 15) is 0 Å². The van der Waals surface area contributed by atoms with Gasteiger partial charge in [0.2, 0.25) is 5.78 Å². The van der Waals surface area contributed by atoms with Gasteiger partial charge in [-0.3, -0.25) is 4.40 Å². The van der Waals surface area contributed by atoms with Gasteiger partial charge in [0.15, 0.2) is 0 Å². The largest absolute Gasteiger partial charge is 0.310 e. The van der Waals surface area contributed by atoms with Gasteiger partial charge in [0.05, 0.1) is 16.7 Å². The molecule has 4 aromatic rings. The van der Waals surface area contributed by atoms with Crippen LogP contribution in [-0.4, -0.2) is 19.8 Å². The number of alkyl halides is 1. The zero-order valence-electron chi connectivity index (χ0n) is 13.0. The highest BCUT2D eigenvalue weighted by atomic mass is 35.5. The zero-order chi connectivity index (χ0) is 15.8. The fraction of sp³-hybridized carbons (Fsp3) is 0.211. The van der Waals surface area contributed by atoms with Crippen molar-refractivity contribution >= 4 is 28.4 Å². The molecule has 0 aliphatic heterocycles. The Morgan fingerprint density at radius 1 is 1.04 bits per heavy atom. The number of aromatic nitrogens is 3. The maximum Gasteiger partial charge on any atom is 0.215 e. The van der Waals surface area contributed by atoms with Crippen molar-refractivity contribution in [3.63, 3.8) is 0 Å². The van der Waals surface area contributed by atoms with Crippen molar-refractivity contribution in [3.05, 3.63) is 60.3 Å². The number of fused-ring (bicyclic) bond motifs is 3. The Hall–Kier alpha value is -2.26. The van der Waals surface area contributed by atoms with Gasteiger partial charge in [-0.2, -0.15) is 0 Å². The van der Waals surface area contributed by atoms with Crippen molar-refractivity contribution in [1.82, 2.24) is 14.0 Å². The SMILES string of the molecule is Cc1ccc(-c2cn3c4ccccc4nc3n2CCCCl)cc1. The maximum absolute atomic E-state index is 5.93. The minimum absolute atomic E-state index is 0.651. The van der Waals surface area contributed by atoms with Crippen molar-refractivity contribution in [1.29, 1.82) is 0 Å². The van der Waals surface area contributed by atoms with Crippen LogP contribution in [0.15, 0.2) is 54.7 Å². The number of imidazole rings is 2. The van der Waals surface area contributed by atoms with E-state index in [0.717, 1.165) is 29.8 Å². The monoisotopic (exact) mass is 323 g/mol. The fourth-order valence-corrected chi connectivity index (χ4v) is 3.16. The van der Waals surface area contributed by atoms with Crippen LogP contribution < -0.4 is 0 Å². The van der Waals surface area contributed by atoms with Crippen LogP contribution in [0.3, 0.4) is 0 Å². The molecule has 0 unspecified atom stereocenters. The lowest BCUT2D eigenvalue weighted by molar-refractivity contribution is 0.704. The molecule has 4 rings (SSSR count). The third kappa shape index (κ3) is 2.41. The third-order valence-electron chi connectivity index (χ3n) is 4.22. The van der Waals surface area contributed by atoms with Crippen molar-refractivity contribution in [2.75, 3.05) is 5.88 Å². The molecular formula is C19H18ClN3. The lowest BCUT2D eigenvalue weighted by Crippen LogP contribution is -2.01. The van der Waals surface area contributed by atoms with E-state index in [1.54, 1.807) is 0 Å². The third-order valence-corrected chi connectivity index (χ3v) is 4.49. The molecule has 0 aliphatic rings. The van der Waals surface area contributed by atoms with E-state index in [2.05, 4.69) is 64.6 Å². The molecular weight excluding hydrogens is 306 g/mol. The summed E-state index contributed by atoms with van der Waals surface area (Å²) in [7, 11) is 0. The highest BCUT2D eigenvalue weighted by Gasteiger charge is 2.14. The van der Waals surface area contributed by atoms with Gasteiger partial charge in [-0.1, -0.05) is 42.0 Å². The quantitative estimate of drug-likeness (QED) is 0.490. The van der Waals surface area contributed by atoms with Gasteiger partial charge in [-0.25, -0.2) is 4.98 Å². The number of hydrogen-bond donors (Lipinski definition) is 0. The summed E-state index contributed by atoms with van der Waals surface area (Å²) in [4.78, 5) is 4.81. The zero-order valence-corrected chi connectivity index (χ0v) is 13.8. The Bertz CT molecular complexity index is 964. The maximum atomic E-state index is 5.93. The number of aryl methyl sites for hydroxylation is 2. The highest BCUT2D eigenvalue weighted by Crippen LogP contribution is 2.27. The summed E-state index contributed by atoms with van der Waals surface area (Å²) in [5.74, 6) is 1.63. The average molecular weight is 324 g/mol. The molecule has 4 heteroatoms. The first kappa shape index (κ1) is 14.3. The van der Waals surface area contributed by atoms with Crippen molar-refractivity contribution in [2.45, 2.75) is 19.9 Å². The molecule has 0 amide bonds. The summed E-state index contributed by atoms with van der Waals surface area (Å²) in [6, 6.07) is 16.9. The van der Waals surface area contributed by atoms with Gasteiger partial charge >= 0.3 is 0 Å². The van der Waals surface area contributed by atoms with Gasteiger partial charge in [-0.05, 0) is 31.0 Å². The van der Waals surface area contributed by atoms with Crippen LogP contribution >= 0.6 is 11.6 Å². The summed E-state index contributed by atoms with van der Waals surface area (Å²) in [6.07, 6.45) is 3.11. The average Bonchev–Trinajstić information content (AvgIpc) is 3.10. The van der Waals surface area contributed by atoms with Crippen LogP contribution in [0, 0.1) is 6.92 Å². The van der Waals surface area contributed by atoms with Crippen molar-refractivity contribution < 1.29 is 0 Å². The summed E-state index contributed by atoms with van der Waals surface area (Å²) >= 11 is 5.93. The molecule has 3 nitrogen and oxygen atoms in total.